The molecule has 0 aliphatic carbocycles. The molecule has 0 spiro atoms. The summed E-state index contributed by atoms with van der Waals surface area (Å²) in [5.41, 5.74) is 4.43. The average Bonchev–Trinajstić information content (AvgIpc) is 2.83. The fraction of sp³-hybridized carbons (Fsp3) is 0.214. The fourth-order valence-electron chi connectivity index (χ4n) is 1.62. The first-order valence-electron chi connectivity index (χ1n) is 5.57. The fourth-order valence-corrected chi connectivity index (χ4v) is 1.62. The average molecular weight is 212 g/mol. The zero-order valence-electron chi connectivity index (χ0n) is 9.70. The summed E-state index contributed by atoms with van der Waals surface area (Å²) in [5, 5.41) is 0. The second-order valence-corrected chi connectivity index (χ2v) is 3.80. The standard InChI is InChI=1S/C14H16N2/c1-3-12-6-8-13(9-7-12)16-11(2)14-5-4-10-15-14/h4-10,15H,3H2,1-2H3. The van der Waals surface area contributed by atoms with Crippen molar-refractivity contribution in [2.24, 2.45) is 4.99 Å². The van der Waals surface area contributed by atoms with Gasteiger partial charge in [0.1, 0.15) is 0 Å². The topological polar surface area (TPSA) is 28.1 Å². The lowest BCUT2D eigenvalue weighted by Gasteiger charge is -2.00. The molecule has 0 aliphatic rings. The second kappa shape index (κ2) is 4.79. The number of benzene rings is 1. The van der Waals surface area contributed by atoms with Crippen LogP contribution in [0, 0.1) is 0 Å². The van der Waals surface area contributed by atoms with Crippen LogP contribution < -0.4 is 0 Å². The Kier molecular flexibility index (Phi) is 3.20. The third-order valence-electron chi connectivity index (χ3n) is 2.63. The minimum atomic E-state index is 1.00. The van der Waals surface area contributed by atoms with E-state index in [1.807, 2.05) is 25.3 Å². The molecule has 2 heteroatoms. The Morgan fingerprint density at radius 1 is 1.19 bits per heavy atom. The Balaban J connectivity index is 2.22. The predicted molar refractivity (Wildman–Crippen MR) is 68.5 cm³/mol. The number of H-pyrrole nitrogens is 1. The summed E-state index contributed by atoms with van der Waals surface area (Å²) in [6.45, 7) is 4.17. The van der Waals surface area contributed by atoms with Crippen molar-refractivity contribution in [3.8, 4) is 0 Å². The van der Waals surface area contributed by atoms with Gasteiger partial charge in [-0.25, -0.2) is 0 Å². The highest BCUT2D eigenvalue weighted by atomic mass is 14.8. The minimum absolute atomic E-state index is 1.00. The first-order valence-corrected chi connectivity index (χ1v) is 5.57. The molecule has 0 saturated carbocycles. The first kappa shape index (κ1) is 10.7. The van der Waals surface area contributed by atoms with E-state index in [4.69, 9.17) is 0 Å². The zero-order chi connectivity index (χ0) is 11.4. The van der Waals surface area contributed by atoms with Gasteiger partial charge in [0, 0.05) is 6.20 Å². The van der Waals surface area contributed by atoms with Crippen molar-refractivity contribution >= 4 is 11.4 Å². The van der Waals surface area contributed by atoms with E-state index in [2.05, 4.69) is 41.2 Å². The van der Waals surface area contributed by atoms with Crippen molar-refractivity contribution in [3.63, 3.8) is 0 Å². The molecule has 0 atom stereocenters. The lowest BCUT2D eigenvalue weighted by Crippen LogP contribution is -1.93. The number of hydrogen-bond donors (Lipinski definition) is 1. The molecule has 0 bridgehead atoms. The van der Waals surface area contributed by atoms with Gasteiger partial charge in [-0.3, -0.25) is 4.99 Å². The number of aromatic nitrogens is 1. The Morgan fingerprint density at radius 2 is 1.94 bits per heavy atom. The molecule has 1 N–H and O–H groups in total. The van der Waals surface area contributed by atoms with Gasteiger partial charge in [0.05, 0.1) is 17.1 Å². The SMILES string of the molecule is CCc1ccc(N=C(C)c2ccc[nH]2)cc1. The van der Waals surface area contributed by atoms with Crippen LogP contribution in [0.4, 0.5) is 5.69 Å². The van der Waals surface area contributed by atoms with Gasteiger partial charge in [-0.15, -0.1) is 0 Å². The number of aliphatic imine (C=N–C) groups is 1. The van der Waals surface area contributed by atoms with Crippen LogP contribution in [-0.2, 0) is 6.42 Å². The summed E-state index contributed by atoms with van der Waals surface area (Å²) in [6.07, 6.45) is 2.98. The van der Waals surface area contributed by atoms with Crippen LogP contribution in [0.25, 0.3) is 0 Å². The van der Waals surface area contributed by atoms with Gasteiger partial charge in [-0.2, -0.15) is 0 Å². The maximum Gasteiger partial charge on any atom is 0.0633 e. The van der Waals surface area contributed by atoms with E-state index < -0.39 is 0 Å². The molecule has 2 aromatic rings. The molecule has 1 heterocycles. The Labute approximate surface area is 96.1 Å². The molecule has 1 aromatic heterocycles. The van der Waals surface area contributed by atoms with Crippen molar-refractivity contribution in [2.45, 2.75) is 20.3 Å². The van der Waals surface area contributed by atoms with E-state index in [-0.39, 0.29) is 0 Å². The van der Waals surface area contributed by atoms with E-state index >= 15 is 0 Å². The predicted octanol–water partition coefficient (Wildman–Crippen LogP) is 3.72. The van der Waals surface area contributed by atoms with Crippen molar-refractivity contribution in [2.75, 3.05) is 0 Å². The van der Waals surface area contributed by atoms with Crippen molar-refractivity contribution in [1.29, 1.82) is 0 Å². The van der Waals surface area contributed by atoms with Gasteiger partial charge in [-0.1, -0.05) is 19.1 Å². The van der Waals surface area contributed by atoms with E-state index in [1.54, 1.807) is 0 Å². The highest BCUT2D eigenvalue weighted by molar-refractivity contribution is 5.98. The van der Waals surface area contributed by atoms with E-state index in [9.17, 15) is 0 Å². The van der Waals surface area contributed by atoms with Crippen LogP contribution in [0.1, 0.15) is 25.1 Å². The molecule has 2 rings (SSSR count). The van der Waals surface area contributed by atoms with Crippen LogP contribution in [-0.4, -0.2) is 10.7 Å². The quantitative estimate of drug-likeness (QED) is 0.751. The largest absolute Gasteiger partial charge is 0.360 e. The molecule has 82 valence electrons. The molecule has 0 unspecified atom stereocenters. The number of aromatic amines is 1. The van der Waals surface area contributed by atoms with Gasteiger partial charge in [0.2, 0.25) is 0 Å². The molecule has 2 nitrogen and oxygen atoms in total. The van der Waals surface area contributed by atoms with Gasteiger partial charge in [0.15, 0.2) is 0 Å². The number of rotatable bonds is 3. The number of hydrogen-bond acceptors (Lipinski definition) is 1. The maximum atomic E-state index is 4.56. The Morgan fingerprint density at radius 3 is 2.50 bits per heavy atom. The van der Waals surface area contributed by atoms with Gasteiger partial charge < -0.3 is 4.98 Å². The van der Waals surface area contributed by atoms with Crippen LogP contribution in [0.5, 0.6) is 0 Å². The zero-order valence-corrected chi connectivity index (χ0v) is 9.70. The third kappa shape index (κ3) is 2.40. The molecular formula is C14H16N2. The molecule has 0 amide bonds. The minimum Gasteiger partial charge on any atom is -0.360 e. The van der Waals surface area contributed by atoms with E-state index in [1.165, 1.54) is 5.56 Å². The molecule has 0 aliphatic heterocycles. The molecular weight excluding hydrogens is 196 g/mol. The van der Waals surface area contributed by atoms with Gasteiger partial charge >= 0.3 is 0 Å². The summed E-state index contributed by atoms with van der Waals surface area (Å²) in [6, 6.07) is 12.4. The van der Waals surface area contributed by atoms with Crippen LogP contribution in [0.15, 0.2) is 47.6 Å². The molecule has 0 radical (unpaired) electrons. The van der Waals surface area contributed by atoms with E-state index in [0.29, 0.717) is 0 Å². The monoisotopic (exact) mass is 212 g/mol. The summed E-state index contributed by atoms with van der Waals surface area (Å²) >= 11 is 0. The van der Waals surface area contributed by atoms with Crippen molar-refractivity contribution in [3.05, 3.63) is 53.9 Å². The van der Waals surface area contributed by atoms with Crippen LogP contribution in [0.3, 0.4) is 0 Å². The molecule has 1 aromatic carbocycles. The summed E-state index contributed by atoms with van der Waals surface area (Å²) in [5.74, 6) is 0. The normalized spacial score (nSPS) is 11.8. The van der Waals surface area contributed by atoms with Crippen LogP contribution in [0.2, 0.25) is 0 Å². The Hall–Kier alpha value is -1.83. The van der Waals surface area contributed by atoms with Crippen molar-refractivity contribution < 1.29 is 0 Å². The summed E-state index contributed by atoms with van der Waals surface area (Å²) in [4.78, 5) is 7.71. The number of aryl methyl sites for hydroxylation is 1. The maximum absolute atomic E-state index is 4.56. The van der Waals surface area contributed by atoms with Crippen LogP contribution >= 0.6 is 0 Å². The Bertz CT molecular complexity index is 464. The number of nitrogens with zero attached hydrogens (tertiary/aromatic N) is 1. The van der Waals surface area contributed by atoms with Gasteiger partial charge in [0.25, 0.3) is 0 Å². The molecule has 0 fully saturated rings. The summed E-state index contributed by atoms with van der Waals surface area (Å²) < 4.78 is 0. The van der Waals surface area contributed by atoms with Crippen molar-refractivity contribution in [1.82, 2.24) is 4.98 Å². The highest BCUT2D eigenvalue weighted by Gasteiger charge is 1.97. The third-order valence-corrected chi connectivity index (χ3v) is 2.63. The number of nitrogens with one attached hydrogen (secondary N) is 1. The smallest absolute Gasteiger partial charge is 0.0633 e. The lowest BCUT2D eigenvalue weighted by molar-refractivity contribution is 1.14. The molecule has 16 heavy (non-hydrogen) atoms. The lowest BCUT2D eigenvalue weighted by atomic mass is 10.1. The highest BCUT2D eigenvalue weighted by Crippen LogP contribution is 2.15. The summed E-state index contributed by atoms with van der Waals surface area (Å²) in [7, 11) is 0. The molecule has 0 saturated heterocycles. The van der Waals surface area contributed by atoms with Gasteiger partial charge in [-0.05, 0) is 43.2 Å². The van der Waals surface area contributed by atoms with E-state index in [0.717, 1.165) is 23.5 Å². The first-order chi connectivity index (χ1) is 7.79. The second-order valence-electron chi connectivity index (χ2n) is 3.80.